The molecule has 3 atom stereocenters. The molecule has 1 heterocycles. The van der Waals surface area contributed by atoms with Crippen molar-refractivity contribution in [1.29, 1.82) is 0 Å². The third-order valence-electron chi connectivity index (χ3n) is 3.25. The van der Waals surface area contributed by atoms with Gasteiger partial charge in [-0.15, -0.1) is 0 Å². The van der Waals surface area contributed by atoms with Crippen molar-refractivity contribution >= 4 is 23.5 Å². The maximum atomic E-state index is 13.7. The van der Waals surface area contributed by atoms with Crippen LogP contribution in [0.2, 0.25) is 0 Å². The first-order valence-corrected chi connectivity index (χ1v) is 8.25. The first kappa shape index (κ1) is 14.2. The van der Waals surface area contributed by atoms with Crippen LogP contribution >= 0.6 is 23.5 Å². The maximum absolute atomic E-state index is 13.7. The molecule has 18 heavy (non-hydrogen) atoms. The van der Waals surface area contributed by atoms with E-state index in [9.17, 15) is 4.39 Å². The molecule has 1 aromatic rings. The number of halogens is 1. The lowest BCUT2D eigenvalue weighted by Crippen LogP contribution is -2.48. The van der Waals surface area contributed by atoms with Crippen molar-refractivity contribution in [2.45, 2.75) is 29.9 Å². The van der Waals surface area contributed by atoms with Crippen LogP contribution in [0.15, 0.2) is 24.3 Å². The number of thioether (sulfide) groups is 2. The molecule has 0 aliphatic carbocycles. The van der Waals surface area contributed by atoms with E-state index in [0.717, 1.165) is 11.3 Å². The zero-order valence-electron chi connectivity index (χ0n) is 10.4. The molecule has 1 saturated heterocycles. The summed E-state index contributed by atoms with van der Waals surface area (Å²) >= 11 is 3.92. The van der Waals surface area contributed by atoms with Gasteiger partial charge in [0.25, 0.3) is 0 Å². The van der Waals surface area contributed by atoms with Gasteiger partial charge in [-0.3, -0.25) is 11.3 Å². The predicted molar refractivity (Wildman–Crippen MR) is 79.4 cm³/mol. The molecule has 3 N–H and O–H groups in total. The Morgan fingerprint density at radius 3 is 2.78 bits per heavy atom. The van der Waals surface area contributed by atoms with Crippen molar-refractivity contribution in [1.82, 2.24) is 5.43 Å². The molecular formula is C13H19FN2S2. The van der Waals surface area contributed by atoms with Crippen molar-refractivity contribution in [3.63, 3.8) is 0 Å². The van der Waals surface area contributed by atoms with E-state index in [2.05, 4.69) is 12.3 Å². The summed E-state index contributed by atoms with van der Waals surface area (Å²) in [4.78, 5) is 0. The third-order valence-corrected chi connectivity index (χ3v) is 6.50. The SMILES string of the molecule is CC1SCCSC1C(Cc1ccccc1F)NN. The van der Waals surface area contributed by atoms with Gasteiger partial charge in [-0.2, -0.15) is 23.5 Å². The monoisotopic (exact) mass is 286 g/mol. The lowest BCUT2D eigenvalue weighted by Gasteiger charge is -2.34. The summed E-state index contributed by atoms with van der Waals surface area (Å²) in [7, 11) is 0. The van der Waals surface area contributed by atoms with Crippen molar-refractivity contribution < 1.29 is 4.39 Å². The van der Waals surface area contributed by atoms with Gasteiger partial charge in [0.15, 0.2) is 0 Å². The second-order valence-corrected chi connectivity index (χ2v) is 7.25. The average Bonchev–Trinajstić information content (AvgIpc) is 2.39. The molecule has 5 heteroatoms. The Labute approximate surface area is 116 Å². The molecule has 2 rings (SSSR count). The number of benzene rings is 1. The van der Waals surface area contributed by atoms with Crippen LogP contribution in [0.5, 0.6) is 0 Å². The van der Waals surface area contributed by atoms with Crippen LogP contribution in [-0.4, -0.2) is 28.0 Å². The van der Waals surface area contributed by atoms with Crippen molar-refractivity contribution in [3.05, 3.63) is 35.6 Å². The van der Waals surface area contributed by atoms with Crippen LogP contribution in [0.1, 0.15) is 12.5 Å². The lowest BCUT2D eigenvalue weighted by atomic mass is 10.0. The van der Waals surface area contributed by atoms with Gasteiger partial charge in [-0.1, -0.05) is 25.1 Å². The zero-order valence-corrected chi connectivity index (χ0v) is 12.1. The van der Waals surface area contributed by atoms with Crippen LogP contribution in [-0.2, 0) is 6.42 Å². The molecule has 0 amide bonds. The third kappa shape index (κ3) is 3.41. The highest BCUT2D eigenvalue weighted by molar-refractivity contribution is 8.07. The van der Waals surface area contributed by atoms with E-state index in [4.69, 9.17) is 5.84 Å². The van der Waals surface area contributed by atoms with Gasteiger partial charge in [0.1, 0.15) is 5.82 Å². The van der Waals surface area contributed by atoms with Gasteiger partial charge >= 0.3 is 0 Å². The minimum Gasteiger partial charge on any atom is -0.271 e. The van der Waals surface area contributed by atoms with E-state index < -0.39 is 0 Å². The van der Waals surface area contributed by atoms with Gasteiger partial charge in [-0.05, 0) is 18.1 Å². The molecule has 1 aromatic carbocycles. The maximum Gasteiger partial charge on any atom is 0.126 e. The predicted octanol–water partition coefficient (Wildman–Crippen LogP) is 2.44. The first-order valence-electron chi connectivity index (χ1n) is 6.15. The second-order valence-electron chi connectivity index (χ2n) is 4.48. The Bertz CT molecular complexity index is 389. The van der Waals surface area contributed by atoms with Gasteiger partial charge in [-0.25, -0.2) is 4.39 Å². The zero-order chi connectivity index (χ0) is 13.0. The molecule has 1 fully saturated rings. The molecule has 1 aliphatic heterocycles. The van der Waals surface area contributed by atoms with Crippen molar-refractivity contribution in [2.75, 3.05) is 11.5 Å². The van der Waals surface area contributed by atoms with Crippen LogP contribution in [0.3, 0.4) is 0 Å². The minimum atomic E-state index is -0.140. The average molecular weight is 286 g/mol. The van der Waals surface area contributed by atoms with Crippen LogP contribution < -0.4 is 11.3 Å². The fourth-order valence-corrected chi connectivity index (χ4v) is 5.21. The summed E-state index contributed by atoms with van der Waals surface area (Å²) in [6.07, 6.45) is 0.645. The van der Waals surface area contributed by atoms with E-state index >= 15 is 0 Å². The number of nitrogens with two attached hydrogens (primary N) is 1. The molecule has 0 saturated carbocycles. The highest BCUT2D eigenvalue weighted by Gasteiger charge is 2.30. The first-order chi connectivity index (χ1) is 8.72. The fraction of sp³-hybridized carbons (Fsp3) is 0.538. The quantitative estimate of drug-likeness (QED) is 0.658. The normalized spacial score (nSPS) is 25.9. The highest BCUT2D eigenvalue weighted by atomic mass is 32.2. The summed E-state index contributed by atoms with van der Waals surface area (Å²) in [5.41, 5.74) is 3.62. The number of hydrogen-bond acceptors (Lipinski definition) is 4. The molecule has 100 valence electrons. The Hall–Kier alpha value is -0.230. The molecular weight excluding hydrogens is 267 g/mol. The van der Waals surface area contributed by atoms with Crippen molar-refractivity contribution in [3.8, 4) is 0 Å². The fourth-order valence-electron chi connectivity index (χ4n) is 2.26. The summed E-state index contributed by atoms with van der Waals surface area (Å²) in [6, 6.07) is 7.06. The van der Waals surface area contributed by atoms with Crippen LogP contribution in [0, 0.1) is 5.82 Å². The Balaban J connectivity index is 2.07. The molecule has 2 nitrogen and oxygen atoms in total. The second kappa shape index (κ2) is 6.80. The van der Waals surface area contributed by atoms with E-state index in [1.807, 2.05) is 35.7 Å². The molecule has 0 radical (unpaired) electrons. The van der Waals surface area contributed by atoms with Gasteiger partial charge in [0.2, 0.25) is 0 Å². The van der Waals surface area contributed by atoms with E-state index in [-0.39, 0.29) is 11.9 Å². The largest absolute Gasteiger partial charge is 0.271 e. The van der Waals surface area contributed by atoms with E-state index in [1.54, 1.807) is 6.07 Å². The highest BCUT2D eigenvalue weighted by Crippen LogP contribution is 2.33. The van der Waals surface area contributed by atoms with E-state index in [1.165, 1.54) is 11.8 Å². The van der Waals surface area contributed by atoms with Gasteiger partial charge in [0.05, 0.1) is 0 Å². The topological polar surface area (TPSA) is 38.0 Å². The van der Waals surface area contributed by atoms with Crippen LogP contribution in [0.25, 0.3) is 0 Å². The molecule has 0 spiro atoms. The molecule has 3 unspecified atom stereocenters. The Morgan fingerprint density at radius 2 is 2.11 bits per heavy atom. The molecule has 0 aromatic heterocycles. The lowest BCUT2D eigenvalue weighted by molar-refractivity contribution is 0.489. The standard InChI is InChI=1S/C13H19FN2S2/c1-9-13(18-7-6-17-9)12(16-15)8-10-4-2-3-5-11(10)14/h2-5,9,12-13,16H,6-8,15H2,1H3. The van der Waals surface area contributed by atoms with Gasteiger partial charge < -0.3 is 0 Å². The smallest absolute Gasteiger partial charge is 0.126 e. The summed E-state index contributed by atoms with van der Waals surface area (Å²) in [5.74, 6) is 7.87. The Kier molecular flexibility index (Phi) is 5.36. The molecule has 0 bridgehead atoms. The summed E-state index contributed by atoms with van der Waals surface area (Å²) in [5, 5.41) is 0.991. The van der Waals surface area contributed by atoms with Crippen molar-refractivity contribution in [2.24, 2.45) is 5.84 Å². The van der Waals surface area contributed by atoms with Gasteiger partial charge in [0, 0.05) is 28.0 Å². The number of hydrogen-bond donors (Lipinski definition) is 2. The Morgan fingerprint density at radius 1 is 1.39 bits per heavy atom. The minimum absolute atomic E-state index is 0.120. The summed E-state index contributed by atoms with van der Waals surface area (Å²) in [6.45, 7) is 2.23. The van der Waals surface area contributed by atoms with E-state index in [0.29, 0.717) is 16.9 Å². The number of nitrogens with one attached hydrogen (secondary N) is 1. The number of hydrazine groups is 1. The molecule has 1 aliphatic rings. The summed E-state index contributed by atoms with van der Waals surface area (Å²) < 4.78 is 13.7. The number of rotatable bonds is 4. The van der Waals surface area contributed by atoms with Crippen LogP contribution in [0.4, 0.5) is 4.39 Å².